The Hall–Kier alpha value is -3.80. The zero-order valence-corrected chi connectivity index (χ0v) is 21.7. The van der Waals surface area contributed by atoms with Gasteiger partial charge in [0.1, 0.15) is 23.0 Å². The highest BCUT2D eigenvalue weighted by atomic mass is 19.4. The number of alkyl halides is 3. The van der Waals surface area contributed by atoms with Gasteiger partial charge in [0.05, 0.1) is 30.4 Å². The number of anilines is 1. The van der Waals surface area contributed by atoms with Crippen LogP contribution in [-0.2, 0) is 6.18 Å². The number of aliphatic hydroxyl groups excluding tert-OH is 1. The second-order valence-corrected chi connectivity index (χ2v) is 10.6. The van der Waals surface area contributed by atoms with Crippen molar-refractivity contribution in [3.8, 4) is 17.0 Å². The molecule has 3 aromatic rings. The molecule has 40 heavy (non-hydrogen) atoms. The summed E-state index contributed by atoms with van der Waals surface area (Å²) in [6.07, 6.45) is 0.116. The van der Waals surface area contributed by atoms with E-state index in [1.165, 1.54) is 11.0 Å². The summed E-state index contributed by atoms with van der Waals surface area (Å²) in [5, 5.41) is 9.70. The molecule has 1 unspecified atom stereocenters. The van der Waals surface area contributed by atoms with Crippen LogP contribution in [0, 0.1) is 5.82 Å². The number of hydrogen-bond acceptors (Lipinski definition) is 7. The number of likely N-dealkylation sites (tertiary alicyclic amines) is 1. The maximum Gasteiger partial charge on any atom is 0.434 e. The molecule has 8 nitrogen and oxygen atoms in total. The van der Waals surface area contributed by atoms with Crippen LogP contribution in [0.3, 0.4) is 0 Å². The van der Waals surface area contributed by atoms with Crippen LogP contribution in [0.4, 0.5) is 23.4 Å². The van der Waals surface area contributed by atoms with E-state index in [9.17, 15) is 23.1 Å². The van der Waals surface area contributed by atoms with Crippen molar-refractivity contribution in [2.24, 2.45) is 0 Å². The number of carbonyl (C=O) groups excluding carboxylic acids is 1. The molecule has 0 bridgehead atoms. The molecule has 2 saturated heterocycles. The predicted octanol–water partition coefficient (Wildman–Crippen LogP) is 4.44. The largest absolute Gasteiger partial charge is 0.485 e. The number of piperidine rings is 1. The molecule has 2 aromatic heterocycles. The molecule has 0 saturated carbocycles. The lowest BCUT2D eigenvalue weighted by atomic mass is 9.78. The molecule has 6 rings (SSSR count). The number of carbonyl (C=O) groups is 1. The molecule has 0 aliphatic carbocycles. The molecule has 3 aliphatic rings. The van der Waals surface area contributed by atoms with Gasteiger partial charge in [-0.25, -0.2) is 14.4 Å². The molecular weight excluding hydrogens is 530 g/mol. The second-order valence-electron chi connectivity index (χ2n) is 10.6. The summed E-state index contributed by atoms with van der Waals surface area (Å²) < 4.78 is 60.1. The van der Waals surface area contributed by atoms with E-state index < -0.39 is 29.4 Å². The average Bonchev–Trinajstić information content (AvgIpc) is 3.49. The Morgan fingerprint density at radius 3 is 2.48 bits per heavy atom. The van der Waals surface area contributed by atoms with Crippen LogP contribution < -0.4 is 9.64 Å². The van der Waals surface area contributed by atoms with Gasteiger partial charge in [0, 0.05) is 61.6 Å². The first-order valence-corrected chi connectivity index (χ1v) is 13.1. The van der Waals surface area contributed by atoms with Crippen molar-refractivity contribution in [2.75, 3.05) is 31.1 Å². The van der Waals surface area contributed by atoms with Crippen molar-refractivity contribution in [1.29, 1.82) is 0 Å². The fraction of sp³-hybridized carbons (Fsp3) is 0.429. The number of ether oxygens (including phenoxy) is 1. The van der Waals surface area contributed by atoms with E-state index in [4.69, 9.17) is 4.74 Å². The maximum atomic E-state index is 15.2. The number of benzene rings is 1. The fourth-order valence-corrected chi connectivity index (χ4v) is 5.87. The van der Waals surface area contributed by atoms with Crippen molar-refractivity contribution in [3.05, 3.63) is 65.5 Å². The first-order chi connectivity index (χ1) is 19.0. The van der Waals surface area contributed by atoms with Gasteiger partial charge in [0.25, 0.3) is 5.91 Å². The molecule has 1 spiro atoms. The molecule has 5 heterocycles. The Morgan fingerprint density at radius 1 is 1.07 bits per heavy atom. The molecule has 210 valence electrons. The lowest BCUT2D eigenvalue weighted by molar-refractivity contribution is -0.141. The molecule has 12 heteroatoms. The Bertz CT molecular complexity index is 1440. The maximum absolute atomic E-state index is 15.2. The van der Waals surface area contributed by atoms with Gasteiger partial charge in [-0.2, -0.15) is 13.2 Å². The Labute approximate surface area is 227 Å². The fourth-order valence-electron chi connectivity index (χ4n) is 5.87. The molecule has 0 radical (unpaired) electrons. The molecule has 2 fully saturated rings. The van der Waals surface area contributed by atoms with Crippen LogP contribution in [0.15, 0.2) is 42.9 Å². The van der Waals surface area contributed by atoms with Crippen LogP contribution >= 0.6 is 0 Å². The van der Waals surface area contributed by atoms with E-state index >= 15 is 4.39 Å². The van der Waals surface area contributed by atoms with Gasteiger partial charge in [-0.05, 0) is 30.7 Å². The van der Waals surface area contributed by atoms with Crippen LogP contribution in [0.2, 0.25) is 0 Å². The average molecular weight is 558 g/mol. The normalized spacial score (nSPS) is 21.9. The smallest absolute Gasteiger partial charge is 0.434 e. The van der Waals surface area contributed by atoms with Gasteiger partial charge in [-0.15, -0.1) is 0 Å². The number of rotatable bonds is 3. The minimum absolute atomic E-state index is 0.0319. The molecular formula is C28H27F4N5O3. The van der Waals surface area contributed by atoms with Gasteiger partial charge in [-0.1, -0.05) is 6.92 Å². The van der Waals surface area contributed by atoms with Gasteiger partial charge >= 0.3 is 6.18 Å². The highest BCUT2D eigenvalue weighted by Crippen LogP contribution is 2.50. The first kappa shape index (κ1) is 26.4. The highest BCUT2D eigenvalue weighted by Gasteiger charge is 2.48. The van der Waals surface area contributed by atoms with Gasteiger partial charge < -0.3 is 19.6 Å². The zero-order chi connectivity index (χ0) is 28.2. The summed E-state index contributed by atoms with van der Waals surface area (Å²) in [5.74, 6) is 0.0921. The van der Waals surface area contributed by atoms with E-state index in [0.29, 0.717) is 56.2 Å². The topological polar surface area (TPSA) is 91.7 Å². The lowest BCUT2D eigenvalue weighted by Gasteiger charge is -2.41. The SMILES string of the molecule is CC1c2cc(-c3ccc(C(=O)N4CC[C@@H](O)C4)cc3F)ncc2OC12CCN(c1cnc(C(F)(F)F)cn1)CC2. The van der Waals surface area contributed by atoms with E-state index in [1.54, 1.807) is 18.3 Å². The first-order valence-electron chi connectivity index (χ1n) is 13.1. The second kappa shape index (κ2) is 9.69. The molecule has 1 aromatic carbocycles. The minimum Gasteiger partial charge on any atom is -0.485 e. The number of aliphatic hydroxyl groups is 1. The molecule has 1 amide bonds. The zero-order valence-electron chi connectivity index (χ0n) is 21.7. The number of fused-ring (bicyclic) bond motifs is 1. The summed E-state index contributed by atoms with van der Waals surface area (Å²) in [6.45, 7) is 3.77. The summed E-state index contributed by atoms with van der Waals surface area (Å²) in [5.41, 5.74) is 0.268. The number of halogens is 4. The Kier molecular flexibility index (Phi) is 6.40. The molecule has 3 aliphatic heterocycles. The van der Waals surface area contributed by atoms with Crippen molar-refractivity contribution in [1.82, 2.24) is 19.9 Å². The Morgan fingerprint density at radius 2 is 1.85 bits per heavy atom. The minimum atomic E-state index is -4.54. The highest BCUT2D eigenvalue weighted by molar-refractivity contribution is 5.95. The third-order valence-electron chi connectivity index (χ3n) is 8.27. The molecule has 1 N–H and O–H groups in total. The Balaban J connectivity index is 1.16. The van der Waals surface area contributed by atoms with Crippen LogP contribution in [0.25, 0.3) is 11.3 Å². The lowest BCUT2D eigenvalue weighted by Crippen LogP contribution is -2.49. The number of hydrogen-bond donors (Lipinski definition) is 1. The number of β-amino-alcohol motifs (C(OH)–C–C–N with tert-alkyl or cyclic N) is 1. The van der Waals surface area contributed by atoms with E-state index in [-0.39, 0.29) is 29.5 Å². The number of amides is 1. The summed E-state index contributed by atoms with van der Waals surface area (Å²) >= 11 is 0. The van der Waals surface area contributed by atoms with Crippen molar-refractivity contribution >= 4 is 11.7 Å². The summed E-state index contributed by atoms with van der Waals surface area (Å²) in [6, 6.07) is 6.14. The van der Waals surface area contributed by atoms with Crippen molar-refractivity contribution in [2.45, 2.75) is 50.0 Å². The van der Waals surface area contributed by atoms with E-state index in [2.05, 4.69) is 15.0 Å². The van der Waals surface area contributed by atoms with Crippen molar-refractivity contribution in [3.63, 3.8) is 0 Å². The monoisotopic (exact) mass is 557 g/mol. The summed E-state index contributed by atoms with van der Waals surface area (Å²) in [7, 11) is 0. The standard InChI is InChI=1S/C28H27F4N5O3/c1-16-20-11-22(19-3-2-17(10-21(19)29)26(39)37-7-4-18(38)15-37)33-12-23(20)40-27(16)5-8-36(9-6-27)25-14-34-24(13-35-25)28(30,31)32/h2-3,10-14,16,18,38H,4-9,15H2,1H3/t16?,18-/m1/s1. The number of nitrogens with zero attached hydrogens (tertiary/aromatic N) is 5. The van der Waals surface area contributed by atoms with Gasteiger partial charge in [-0.3, -0.25) is 9.78 Å². The van der Waals surface area contributed by atoms with Crippen LogP contribution in [-0.4, -0.2) is 68.7 Å². The molecule has 2 atom stereocenters. The van der Waals surface area contributed by atoms with Gasteiger partial charge in [0.15, 0.2) is 5.69 Å². The number of aromatic nitrogens is 3. The quantitative estimate of drug-likeness (QED) is 0.476. The van der Waals surface area contributed by atoms with E-state index in [0.717, 1.165) is 18.0 Å². The van der Waals surface area contributed by atoms with Crippen molar-refractivity contribution < 1.29 is 32.2 Å². The van der Waals surface area contributed by atoms with Crippen LogP contribution in [0.5, 0.6) is 5.75 Å². The third-order valence-corrected chi connectivity index (χ3v) is 8.27. The number of pyridine rings is 1. The van der Waals surface area contributed by atoms with Crippen LogP contribution in [0.1, 0.15) is 53.7 Å². The van der Waals surface area contributed by atoms with Gasteiger partial charge in [0.2, 0.25) is 0 Å². The predicted molar refractivity (Wildman–Crippen MR) is 136 cm³/mol. The van der Waals surface area contributed by atoms with E-state index in [1.807, 2.05) is 17.9 Å². The third kappa shape index (κ3) is 4.63. The summed E-state index contributed by atoms with van der Waals surface area (Å²) in [4.78, 5) is 28.0.